The molecule has 3 saturated heterocycles. The summed E-state index contributed by atoms with van der Waals surface area (Å²) in [7, 11) is 0. The Labute approximate surface area is 149 Å². The van der Waals surface area contributed by atoms with Crippen molar-refractivity contribution < 1.29 is 14.3 Å². The van der Waals surface area contributed by atoms with Crippen molar-refractivity contribution in [3.05, 3.63) is 35.9 Å². The summed E-state index contributed by atoms with van der Waals surface area (Å²) in [6.07, 6.45) is 2.78. The van der Waals surface area contributed by atoms with Crippen LogP contribution in [-0.2, 0) is 20.7 Å². The molecular weight excluding hydrogens is 316 g/mol. The van der Waals surface area contributed by atoms with Crippen molar-refractivity contribution in [3.63, 3.8) is 0 Å². The second-order valence-electron chi connectivity index (χ2n) is 7.72. The third-order valence-electron chi connectivity index (χ3n) is 5.76. The first-order valence-electron chi connectivity index (χ1n) is 9.48. The number of carbonyl (C=O) groups excluding carboxylic acids is 1. The number of likely N-dealkylation sites (tertiary alicyclic amines) is 1. The fraction of sp³-hybridized carbons (Fsp3) is 0.650. The second-order valence-corrected chi connectivity index (χ2v) is 7.72. The van der Waals surface area contributed by atoms with Crippen LogP contribution >= 0.6 is 0 Å². The highest BCUT2D eigenvalue weighted by Gasteiger charge is 2.48. The van der Waals surface area contributed by atoms with E-state index in [9.17, 15) is 4.79 Å². The molecule has 0 N–H and O–H groups in total. The van der Waals surface area contributed by atoms with E-state index in [1.165, 1.54) is 6.42 Å². The number of benzene rings is 1. The summed E-state index contributed by atoms with van der Waals surface area (Å²) >= 11 is 0. The van der Waals surface area contributed by atoms with Gasteiger partial charge in [0.15, 0.2) is 0 Å². The molecule has 1 atom stereocenters. The van der Waals surface area contributed by atoms with Crippen LogP contribution in [0, 0.1) is 5.92 Å². The predicted molar refractivity (Wildman–Crippen MR) is 95.4 cm³/mol. The van der Waals surface area contributed by atoms with Crippen molar-refractivity contribution in [1.29, 1.82) is 0 Å². The minimum atomic E-state index is -0.0616. The average Bonchev–Trinajstić information content (AvgIpc) is 2.62. The topological polar surface area (TPSA) is 42.0 Å². The molecule has 0 radical (unpaired) electrons. The molecule has 0 aromatic heterocycles. The number of hydrogen-bond donors (Lipinski definition) is 0. The molecule has 3 aliphatic rings. The van der Waals surface area contributed by atoms with Crippen molar-refractivity contribution in [1.82, 2.24) is 9.80 Å². The second kappa shape index (κ2) is 7.44. The van der Waals surface area contributed by atoms with Crippen molar-refractivity contribution >= 4 is 5.91 Å². The first-order valence-corrected chi connectivity index (χ1v) is 9.48. The number of amides is 1. The molecular formula is C20H28N2O3. The highest BCUT2D eigenvalue weighted by atomic mass is 16.5. The number of carbonyl (C=O) groups is 1. The van der Waals surface area contributed by atoms with E-state index in [0.29, 0.717) is 12.3 Å². The Morgan fingerprint density at radius 1 is 1.16 bits per heavy atom. The van der Waals surface area contributed by atoms with Crippen molar-refractivity contribution in [3.8, 4) is 0 Å². The van der Waals surface area contributed by atoms with Crippen LogP contribution in [0.2, 0.25) is 0 Å². The van der Waals surface area contributed by atoms with Gasteiger partial charge in [-0.1, -0.05) is 30.3 Å². The van der Waals surface area contributed by atoms with E-state index in [4.69, 9.17) is 9.47 Å². The van der Waals surface area contributed by atoms with Gasteiger partial charge in [-0.05, 0) is 24.3 Å². The molecule has 0 aliphatic carbocycles. The van der Waals surface area contributed by atoms with Crippen LogP contribution in [-0.4, -0.2) is 73.9 Å². The van der Waals surface area contributed by atoms with E-state index < -0.39 is 0 Å². The van der Waals surface area contributed by atoms with Gasteiger partial charge in [0.25, 0.3) is 0 Å². The zero-order valence-corrected chi connectivity index (χ0v) is 14.9. The van der Waals surface area contributed by atoms with Gasteiger partial charge in [-0.15, -0.1) is 0 Å². The van der Waals surface area contributed by atoms with Crippen LogP contribution in [0.15, 0.2) is 30.3 Å². The van der Waals surface area contributed by atoms with Crippen LogP contribution in [0.25, 0.3) is 0 Å². The molecule has 5 nitrogen and oxygen atoms in total. The molecule has 0 saturated carbocycles. The first-order chi connectivity index (χ1) is 12.2. The molecule has 136 valence electrons. The Morgan fingerprint density at radius 3 is 2.60 bits per heavy atom. The Hall–Kier alpha value is -1.43. The Morgan fingerprint density at radius 2 is 1.92 bits per heavy atom. The zero-order valence-electron chi connectivity index (χ0n) is 14.9. The summed E-state index contributed by atoms with van der Waals surface area (Å²) in [4.78, 5) is 16.8. The smallest absolute Gasteiger partial charge is 0.227 e. The average molecular weight is 344 g/mol. The largest absolute Gasteiger partial charge is 0.379 e. The van der Waals surface area contributed by atoms with E-state index >= 15 is 0 Å². The SMILES string of the molecule is O=C(Cc1ccccc1)N1CC2(CCC(CN3CCOCC3)CO2)C1. The molecule has 1 amide bonds. The van der Waals surface area contributed by atoms with E-state index in [-0.39, 0.29) is 11.5 Å². The van der Waals surface area contributed by atoms with Gasteiger partial charge in [0.1, 0.15) is 5.60 Å². The minimum absolute atomic E-state index is 0.0616. The summed E-state index contributed by atoms with van der Waals surface area (Å²) < 4.78 is 11.6. The Kier molecular flexibility index (Phi) is 5.06. The van der Waals surface area contributed by atoms with Crippen molar-refractivity contribution in [2.75, 3.05) is 52.5 Å². The van der Waals surface area contributed by atoms with Crippen LogP contribution < -0.4 is 0 Å². The maximum atomic E-state index is 12.4. The monoisotopic (exact) mass is 344 g/mol. The fourth-order valence-electron chi connectivity index (χ4n) is 4.17. The highest BCUT2D eigenvalue weighted by molar-refractivity contribution is 5.79. The molecule has 1 spiro atoms. The molecule has 0 bridgehead atoms. The summed E-state index contributed by atoms with van der Waals surface area (Å²) in [5.74, 6) is 0.841. The van der Waals surface area contributed by atoms with E-state index in [1.54, 1.807) is 0 Å². The molecule has 3 heterocycles. The molecule has 4 rings (SSSR count). The van der Waals surface area contributed by atoms with Gasteiger partial charge in [0, 0.05) is 19.6 Å². The van der Waals surface area contributed by atoms with Crippen LogP contribution in [0.3, 0.4) is 0 Å². The maximum Gasteiger partial charge on any atom is 0.227 e. The van der Waals surface area contributed by atoms with Gasteiger partial charge in [-0.25, -0.2) is 0 Å². The molecule has 1 aromatic carbocycles. The van der Waals surface area contributed by atoms with Crippen LogP contribution in [0.1, 0.15) is 18.4 Å². The lowest BCUT2D eigenvalue weighted by Gasteiger charge is -2.53. The van der Waals surface area contributed by atoms with Crippen molar-refractivity contribution in [2.24, 2.45) is 5.92 Å². The number of ether oxygens (including phenoxy) is 2. The van der Waals surface area contributed by atoms with Crippen LogP contribution in [0.4, 0.5) is 0 Å². The number of morpholine rings is 1. The summed E-state index contributed by atoms with van der Waals surface area (Å²) in [5, 5.41) is 0. The van der Waals surface area contributed by atoms with Crippen molar-refractivity contribution in [2.45, 2.75) is 24.9 Å². The number of rotatable bonds is 4. The maximum absolute atomic E-state index is 12.4. The van der Waals surface area contributed by atoms with Gasteiger partial charge < -0.3 is 14.4 Å². The molecule has 1 aromatic rings. The van der Waals surface area contributed by atoms with Gasteiger partial charge >= 0.3 is 0 Å². The highest BCUT2D eigenvalue weighted by Crippen LogP contribution is 2.36. The van der Waals surface area contributed by atoms with E-state index in [2.05, 4.69) is 4.90 Å². The van der Waals surface area contributed by atoms with E-state index in [0.717, 1.165) is 64.5 Å². The minimum Gasteiger partial charge on any atom is -0.379 e. The zero-order chi connectivity index (χ0) is 17.1. The van der Waals surface area contributed by atoms with Gasteiger partial charge in [-0.3, -0.25) is 9.69 Å². The standard InChI is InChI=1S/C20H28N2O3/c23-19(12-17-4-2-1-3-5-17)22-15-20(16-22)7-6-18(14-25-20)13-21-8-10-24-11-9-21/h1-5,18H,6-16H2. The molecule has 1 unspecified atom stereocenters. The first kappa shape index (κ1) is 17.0. The molecule has 5 heteroatoms. The van der Waals surface area contributed by atoms with Gasteiger partial charge in [-0.2, -0.15) is 0 Å². The molecule has 25 heavy (non-hydrogen) atoms. The quantitative estimate of drug-likeness (QED) is 0.831. The summed E-state index contributed by atoms with van der Waals surface area (Å²) in [6.45, 7) is 7.29. The normalized spacial score (nSPS) is 26.4. The molecule has 3 fully saturated rings. The number of nitrogens with zero attached hydrogens (tertiary/aromatic N) is 2. The molecule has 3 aliphatic heterocycles. The Balaban J connectivity index is 1.20. The van der Waals surface area contributed by atoms with Gasteiger partial charge in [0.2, 0.25) is 5.91 Å². The predicted octanol–water partition coefficient (Wildman–Crippen LogP) is 1.57. The third-order valence-corrected chi connectivity index (χ3v) is 5.76. The lowest BCUT2D eigenvalue weighted by molar-refractivity contribution is -0.189. The van der Waals surface area contributed by atoms with Crippen LogP contribution in [0.5, 0.6) is 0 Å². The fourth-order valence-corrected chi connectivity index (χ4v) is 4.17. The summed E-state index contributed by atoms with van der Waals surface area (Å²) in [6, 6.07) is 9.98. The number of hydrogen-bond acceptors (Lipinski definition) is 4. The third kappa shape index (κ3) is 4.05. The lowest BCUT2D eigenvalue weighted by Crippen LogP contribution is -2.66. The Bertz CT molecular complexity index is 570. The lowest BCUT2D eigenvalue weighted by atomic mass is 9.82. The summed E-state index contributed by atoms with van der Waals surface area (Å²) in [5.41, 5.74) is 1.03. The van der Waals surface area contributed by atoms with E-state index in [1.807, 2.05) is 35.2 Å². The van der Waals surface area contributed by atoms with Gasteiger partial charge in [0.05, 0.1) is 39.3 Å².